The number of carbonyl (C=O) groups excluding carboxylic acids is 1. The first kappa shape index (κ1) is 16.8. The van der Waals surface area contributed by atoms with E-state index in [4.69, 9.17) is 16.7 Å². The van der Waals surface area contributed by atoms with E-state index in [1.54, 1.807) is 0 Å². The molecule has 0 heterocycles. The maximum absolute atomic E-state index is 12.2. The summed E-state index contributed by atoms with van der Waals surface area (Å²) in [6.07, 6.45) is 8.59. The Morgan fingerprint density at radius 2 is 1.77 bits per heavy atom. The van der Waals surface area contributed by atoms with Crippen molar-refractivity contribution in [3.05, 3.63) is 34.3 Å². The molecule has 2 N–H and O–H groups in total. The number of halogens is 1. The van der Waals surface area contributed by atoms with Crippen molar-refractivity contribution in [2.45, 2.75) is 44.9 Å². The van der Waals surface area contributed by atoms with Crippen LogP contribution in [0.25, 0.3) is 0 Å². The van der Waals surface area contributed by atoms with Crippen LogP contribution in [0.1, 0.15) is 65.7 Å². The zero-order valence-corrected chi connectivity index (χ0v) is 13.4. The van der Waals surface area contributed by atoms with Gasteiger partial charge in [0.1, 0.15) is 0 Å². The summed E-state index contributed by atoms with van der Waals surface area (Å²) in [5, 5.41) is 12.2. The molecule has 1 amide bonds. The molecule has 4 nitrogen and oxygen atoms in total. The summed E-state index contributed by atoms with van der Waals surface area (Å²) in [7, 11) is 0. The van der Waals surface area contributed by atoms with Crippen molar-refractivity contribution in [2.24, 2.45) is 5.92 Å². The summed E-state index contributed by atoms with van der Waals surface area (Å²) in [6, 6.07) is 4.18. The summed E-state index contributed by atoms with van der Waals surface area (Å²) in [4.78, 5) is 23.2. The highest BCUT2D eigenvalue weighted by Gasteiger charge is 2.16. The molecule has 0 aliphatic heterocycles. The molecular weight excluding hydrogens is 302 g/mol. The number of rotatable bonds is 4. The number of hydrogen-bond donors (Lipinski definition) is 2. The zero-order valence-electron chi connectivity index (χ0n) is 12.6. The molecule has 2 rings (SSSR count). The Hall–Kier alpha value is -1.55. The molecule has 22 heavy (non-hydrogen) atoms. The van der Waals surface area contributed by atoms with Gasteiger partial charge < -0.3 is 10.4 Å². The van der Waals surface area contributed by atoms with Gasteiger partial charge in [-0.05, 0) is 37.0 Å². The van der Waals surface area contributed by atoms with E-state index in [0.29, 0.717) is 12.5 Å². The van der Waals surface area contributed by atoms with Crippen LogP contribution in [0.4, 0.5) is 0 Å². The molecule has 5 heteroatoms. The number of carbonyl (C=O) groups is 2. The van der Waals surface area contributed by atoms with Crippen molar-refractivity contribution in [3.63, 3.8) is 0 Å². The number of aromatic carboxylic acids is 1. The number of nitrogens with one attached hydrogen (secondary N) is 1. The van der Waals surface area contributed by atoms with Gasteiger partial charge >= 0.3 is 5.97 Å². The van der Waals surface area contributed by atoms with Crippen molar-refractivity contribution in [3.8, 4) is 0 Å². The predicted octanol–water partition coefficient (Wildman–Crippen LogP) is 4.13. The van der Waals surface area contributed by atoms with Crippen LogP contribution in [0.2, 0.25) is 5.02 Å². The summed E-state index contributed by atoms with van der Waals surface area (Å²) < 4.78 is 0. The molecule has 1 aromatic carbocycles. The lowest BCUT2D eigenvalue weighted by atomic mass is 9.91. The van der Waals surface area contributed by atoms with Gasteiger partial charge in [-0.3, -0.25) is 4.79 Å². The highest BCUT2D eigenvalue weighted by atomic mass is 35.5. The summed E-state index contributed by atoms with van der Waals surface area (Å²) >= 11 is 6.01. The third kappa shape index (κ3) is 4.73. The van der Waals surface area contributed by atoms with E-state index >= 15 is 0 Å². The second kappa shape index (κ2) is 8.18. The Labute approximate surface area is 135 Å². The molecule has 0 unspecified atom stereocenters. The van der Waals surface area contributed by atoms with Gasteiger partial charge in [-0.1, -0.05) is 43.7 Å². The SMILES string of the molecule is O=C(O)c1ccc(Cl)c(C(=O)NCC2CCCCCCC2)c1. The standard InChI is InChI=1S/C17H22ClNO3/c18-15-9-8-13(17(21)22)10-14(15)16(20)19-11-12-6-4-2-1-3-5-7-12/h8-10,12H,1-7,11H2,(H,19,20)(H,21,22). The van der Waals surface area contributed by atoms with Gasteiger partial charge in [0.15, 0.2) is 0 Å². The Morgan fingerprint density at radius 3 is 2.41 bits per heavy atom. The van der Waals surface area contributed by atoms with Gasteiger partial charge in [0.05, 0.1) is 16.1 Å². The van der Waals surface area contributed by atoms with Gasteiger partial charge in [-0.15, -0.1) is 0 Å². The predicted molar refractivity (Wildman–Crippen MR) is 86.6 cm³/mol. The molecule has 120 valence electrons. The lowest BCUT2D eigenvalue weighted by Gasteiger charge is -2.20. The number of hydrogen-bond acceptors (Lipinski definition) is 2. The third-order valence-electron chi connectivity index (χ3n) is 4.23. The number of benzene rings is 1. The molecule has 0 spiro atoms. The van der Waals surface area contributed by atoms with Crippen molar-refractivity contribution in [2.75, 3.05) is 6.54 Å². The van der Waals surface area contributed by atoms with Crippen LogP contribution in [-0.4, -0.2) is 23.5 Å². The van der Waals surface area contributed by atoms with Gasteiger partial charge in [0.2, 0.25) is 0 Å². The second-order valence-electron chi connectivity index (χ2n) is 5.92. The van der Waals surface area contributed by atoms with Gasteiger partial charge in [-0.25, -0.2) is 4.79 Å². The first-order valence-corrected chi connectivity index (χ1v) is 8.27. The zero-order chi connectivity index (χ0) is 15.9. The van der Waals surface area contributed by atoms with E-state index in [9.17, 15) is 9.59 Å². The average Bonchev–Trinajstić information content (AvgIpc) is 2.46. The molecule has 0 aromatic heterocycles. The van der Waals surface area contributed by atoms with Crippen LogP contribution in [0.3, 0.4) is 0 Å². The van der Waals surface area contributed by atoms with Crippen molar-refractivity contribution < 1.29 is 14.7 Å². The number of amides is 1. The smallest absolute Gasteiger partial charge is 0.335 e. The lowest BCUT2D eigenvalue weighted by Crippen LogP contribution is -2.30. The Morgan fingerprint density at radius 1 is 1.14 bits per heavy atom. The fourth-order valence-electron chi connectivity index (χ4n) is 2.91. The monoisotopic (exact) mass is 323 g/mol. The van der Waals surface area contributed by atoms with Crippen molar-refractivity contribution >= 4 is 23.5 Å². The summed E-state index contributed by atoms with van der Waals surface area (Å²) in [6.45, 7) is 0.631. The molecule has 1 saturated carbocycles. The molecule has 1 aromatic rings. The van der Waals surface area contributed by atoms with Gasteiger partial charge in [-0.2, -0.15) is 0 Å². The first-order chi connectivity index (χ1) is 10.6. The molecule has 1 aliphatic carbocycles. The minimum Gasteiger partial charge on any atom is -0.478 e. The summed E-state index contributed by atoms with van der Waals surface area (Å²) in [5.41, 5.74) is 0.299. The van der Waals surface area contributed by atoms with Crippen LogP contribution in [-0.2, 0) is 0 Å². The molecular formula is C17H22ClNO3. The Kier molecular flexibility index (Phi) is 6.25. The molecule has 0 bridgehead atoms. The normalized spacial score (nSPS) is 16.6. The molecule has 0 saturated heterocycles. The van der Waals surface area contributed by atoms with Crippen LogP contribution < -0.4 is 5.32 Å². The topological polar surface area (TPSA) is 66.4 Å². The van der Waals surface area contributed by atoms with E-state index in [1.807, 2.05) is 0 Å². The van der Waals surface area contributed by atoms with E-state index < -0.39 is 5.97 Å². The molecule has 0 atom stereocenters. The first-order valence-electron chi connectivity index (χ1n) is 7.89. The highest BCUT2D eigenvalue weighted by Crippen LogP contribution is 2.22. The van der Waals surface area contributed by atoms with E-state index in [2.05, 4.69) is 5.32 Å². The van der Waals surface area contributed by atoms with Crippen LogP contribution >= 0.6 is 11.6 Å². The van der Waals surface area contributed by atoms with E-state index in [-0.39, 0.29) is 22.1 Å². The lowest BCUT2D eigenvalue weighted by molar-refractivity contribution is 0.0697. The minimum absolute atomic E-state index is 0.0699. The second-order valence-corrected chi connectivity index (χ2v) is 6.33. The maximum Gasteiger partial charge on any atom is 0.335 e. The van der Waals surface area contributed by atoms with Crippen LogP contribution in [0.5, 0.6) is 0 Å². The number of carboxylic acid groups (broad SMARTS) is 1. The summed E-state index contributed by atoms with van der Waals surface area (Å²) in [5.74, 6) is -0.855. The van der Waals surface area contributed by atoms with Gasteiger partial charge in [0.25, 0.3) is 5.91 Å². The average molecular weight is 324 g/mol. The quantitative estimate of drug-likeness (QED) is 0.875. The van der Waals surface area contributed by atoms with Crippen molar-refractivity contribution in [1.29, 1.82) is 0 Å². The van der Waals surface area contributed by atoms with Crippen molar-refractivity contribution in [1.82, 2.24) is 5.32 Å². The Bertz CT molecular complexity index is 537. The highest BCUT2D eigenvalue weighted by molar-refractivity contribution is 6.34. The minimum atomic E-state index is -1.06. The third-order valence-corrected chi connectivity index (χ3v) is 4.56. The Balaban J connectivity index is 1.96. The maximum atomic E-state index is 12.2. The molecule has 0 radical (unpaired) electrons. The van der Waals surface area contributed by atoms with E-state index in [1.165, 1.54) is 50.3 Å². The van der Waals surface area contributed by atoms with Crippen LogP contribution in [0.15, 0.2) is 18.2 Å². The largest absolute Gasteiger partial charge is 0.478 e. The van der Waals surface area contributed by atoms with Gasteiger partial charge in [0, 0.05) is 6.54 Å². The fourth-order valence-corrected chi connectivity index (χ4v) is 3.11. The van der Waals surface area contributed by atoms with Crippen LogP contribution in [0, 0.1) is 5.92 Å². The molecule has 1 aliphatic rings. The number of carboxylic acids is 1. The molecule has 1 fully saturated rings. The fraction of sp³-hybridized carbons (Fsp3) is 0.529. The van der Waals surface area contributed by atoms with E-state index in [0.717, 1.165) is 12.8 Å².